The van der Waals surface area contributed by atoms with Crippen LogP contribution in [0.25, 0.3) is 5.69 Å². The predicted octanol–water partition coefficient (Wildman–Crippen LogP) is 3.75. The largest absolute Gasteiger partial charge is 0.490 e. The molecule has 34 heavy (non-hydrogen) atoms. The number of nitro groups is 1. The molecule has 0 saturated carbocycles. The van der Waals surface area contributed by atoms with Crippen molar-refractivity contribution in [1.82, 2.24) is 14.7 Å². The van der Waals surface area contributed by atoms with Crippen LogP contribution < -0.4 is 10.2 Å². The van der Waals surface area contributed by atoms with Gasteiger partial charge >= 0.3 is 0 Å². The van der Waals surface area contributed by atoms with Crippen molar-refractivity contribution in [2.75, 3.05) is 13.1 Å². The van der Waals surface area contributed by atoms with E-state index >= 15 is 0 Å². The second kappa shape index (κ2) is 9.46. The summed E-state index contributed by atoms with van der Waals surface area (Å²) in [5, 5.41) is 15.7. The highest BCUT2D eigenvalue weighted by atomic mass is 16.6. The molecule has 9 nitrogen and oxygen atoms in total. The van der Waals surface area contributed by atoms with E-state index in [1.54, 1.807) is 24.0 Å². The standard InChI is InChI=1S/C25H26N4O5/c1-16-8-9-20(14-17(16)2)34-19-10-12-27(13-11-19)25(31)24-23(30)15-18(3)28(26-24)21-6-4-5-7-22(21)29(32)33/h4-9,14-15,19H,10-13H2,1-3H3. The van der Waals surface area contributed by atoms with Crippen LogP contribution in [-0.4, -0.2) is 44.7 Å². The highest BCUT2D eigenvalue weighted by Crippen LogP contribution is 2.24. The molecule has 4 rings (SSSR count). The molecule has 0 atom stereocenters. The molecule has 0 N–H and O–H groups in total. The maximum atomic E-state index is 13.2. The minimum Gasteiger partial charge on any atom is -0.490 e. The van der Waals surface area contributed by atoms with E-state index in [1.807, 2.05) is 32.0 Å². The minimum absolute atomic E-state index is 0.0271. The van der Waals surface area contributed by atoms with Gasteiger partial charge in [-0.15, -0.1) is 0 Å². The van der Waals surface area contributed by atoms with Gasteiger partial charge in [-0.1, -0.05) is 18.2 Å². The smallest absolute Gasteiger partial charge is 0.294 e. The van der Waals surface area contributed by atoms with E-state index in [-0.39, 0.29) is 23.2 Å². The average Bonchev–Trinajstić information content (AvgIpc) is 2.82. The number of benzene rings is 2. The number of aryl methyl sites for hydroxylation is 3. The number of nitro benzene ring substituents is 1. The number of para-hydroxylation sites is 2. The van der Waals surface area contributed by atoms with Crippen LogP contribution in [0.1, 0.15) is 40.2 Å². The van der Waals surface area contributed by atoms with Gasteiger partial charge in [-0.05, 0) is 50.1 Å². The summed E-state index contributed by atoms with van der Waals surface area (Å²) in [6.07, 6.45) is 1.23. The van der Waals surface area contributed by atoms with Crippen LogP contribution in [0.5, 0.6) is 5.75 Å². The third kappa shape index (κ3) is 4.68. The van der Waals surface area contributed by atoms with Crippen molar-refractivity contribution >= 4 is 11.6 Å². The summed E-state index contributed by atoms with van der Waals surface area (Å²) in [4.78, 5) is 38.3. The van der Waals surface area contributed by atoms with Crippen molar-refractivity contribution < 1.29 is 14.5 Å². The van der Waals surface area contributed by atoms with E-state index in [2.05, 4.69) is 5.10 Å². The quantitative estimate of drug-likeness (QED) is 0.422. The molecule has 2 heterocycles. The lowest BCUT2D eigenvalue weighted by Crippen LogP contribution is -2.44. The fraction of sp³-hybridized carbons (Fsp3) is 0.320. The zero-order chi connectivity index (χ0) is 24.4. The predicted molar refractivity (Wildman–Crippen MR) is 127 cm³/mol. The highest BCUT2D eigenvalue weighted by Gasteiger charge is 2.28. The first-order valence-electron chi connectivity index (χ1n) is 11.1. The first kappa shape index (κ1) is 23.2. The molecule has 9 heteroatoms. The molecule has 0 aliphatic carbocycles. The average molecular weight is 463 g/mol. The number of amides is 1. The van der Waals surface area contributed by atoms with Gasteiger partial charge in [-0.25, -0.2) is 4.68 Å². The monoisotopic (exact) mass is 462 g/mol. The Kier molecular flexibility index (Phi) is 6.45. The van der Waals surface area contributed by atoms with Gasteiger partial charge < -0.3 is 9.64 Å². The van der Waals surface area contributed by atoms with Crippen LogP contribution >= 0.6 is 0 Å². The fourth-order valence-electron chi connectivity index (χ4n) is 4.04. The van der Waals surface area contributed by atoms with Gasteiger partial charge in [0.25, 0.3) is 11.6 Å². The fourth-order valence-corrected chi connectivity index (χ4v) is 4.04. The summed E-state index contributed by atoms with van der Waals surface area (Å²) >= 11 is 0. The summed E-state index contributed by atoms with van der Waals surface area (Å²) in [6.45, 7) is 6.56. The molecule has 0 bridgehead atoms. The maximum absolute atomic E-state index is 13.2. The molecular weight excluding hydrogens is 436 g/mol. The van der Waals surface area contributed by atoms with Gasteiger partial charge in [0.2, 0.25) is 5.43 Å². The van der Waals surface area contributed by atoms with Crippen molar-refractivity contribution in [3.05, 3.63) is 91.4 Å². The SMILES string of the molecule is Cc1ccc(OC2CCN(C(=O)c3nn(-c4ccccc4[N+](=O)[O-])c(C)cc3=O)CC2)cc1C. The molecule has 1 amide bonds. The van der Waals surface area contributed by atoms with E-state index < -0.39 is 16.3 Å². The Bertz CT molecular complexity index is 1310. The van der Waals surface area contributed by atoms with Gasteiger partial charge in [-0.3, -0.25) is 19.7 Å². The van der Waals surface area contributed by atoms with Crippen molar-refractivity contribution in [3.8, 4) is 11.4 Å². The normalized spacial score (nSPS) is 14.1. The van der Waals surface area contributed by atoms with E-state index in [1.165, 1.54) is 28.4 Å². The van der Waals surface area contributed by atoms with Crippen molar-refractivity contribution in [3.63, 3.8) is 0 Å². The molecule has 1 aliphatic rings. The summed E-state index contributed by atoms with van der Waals surface area (Å²) in [5.41, 5.74) is 2.03. The number of aromatic nitrogens is 2. The lowest BCUT2D eigenvalue weighted by Gasteiger charge is -2.32. The lowest BCUT2D eigenvalue weighted by molar-refractivity contribution is -0.384. The number of nitrogens with zero attached hydrogens (tertiary/aromatic N) is 4. The molecule has 0 radical (unpaired) electrons. The number of carbonyl (C=O) groups is 1. The molecule has 176 valence electrons. The van der Waals surface area contributed by atoms with Crippen LogP contribution in [0.2, 0.25) is 0 Å². The van der Waals surface area contributed by atoms with E-state index in [9.17, 15) is 19.7 Å². The third-order valence-corrected chi connectivity index (χ3v) is 6.13. The Labute approximate surface area is 196 Å². The van der Waals surface area contributed by atoms with E-state index in [0.717, 1.165) is 11.3 Å². The second-order valence-corrected chi connectivity index (χ2v) is 8.51. The number of piperidine rings is 1. The zero-order valence-corrected chi connectivity index (χ0v) is 19.4. The number of hydrogen-bond donors (Lipinski definition) is 0. The van der Waals surface area contributed by atoms with Crippen LogP contribution in [0.4, 0.5) is 5.69 Å². The van der Waals surface area contributed by atoms with Crippen LogP contribution in [0, 0.1) is 30.9 Å². The summed E-state index contributed by atoms with van der Waals surface area (Å²) < 4.78 is 7.37. The van der Waals surface area contributed by atoms with Gasteiger partial charge in [0.15, 0.2) is 5.69 Å². The van der Waals surface area contributed by atoms with Gasteiger partial charge in [0, 0.05) is 43.8 Å². The Hall–Kier alpha value is -4.01. The minimum atomic E-state index is -0.517. The molecule has 1 aliphatic heterocycles. The van der Waals surface area contributed by atoms with E-state index in [4.69, 9.17) is 4.74 Å². The summed E-state index contributed by atoms with van der Waals surface area (Å²) in [7, 11) is 0. The molecule has 1 aromatic heterocycles. The van der Waals surface area contributed by atoms with Gasteiger partial charge in [-0.2, -0.15) is 5.10 Å². The van der Waals surface area contributed by atoms with Gasteiger partial charge in [0.05, 0.1) is 4.92 Å². The third-order valence-electron chi connectivity index (χ3n) is 6.13. The van der Waals surface area contributed by atoms with Crippen molar-refractivity contribution in [1.29, 1.82) is 0 Å². The number of carbonyl (C=O) groups excluding carboxylic acids is 1. The Morgan fingerprint density at radius 1 is 1.06 bits per heavy atom. The highest BCUT2D eigenvalue weighted by molar-refractivity contribution is 5.92. The van der Waals surface area contributed by atoms with Gasteiger partial charge in [0.1, 0.15) is 17.5 Å². The zero-order valence-electron chi connectivity index (χ0n) is 19.4. The first-order valence-corrected chi connectivity index (χ1v) is 11.1. The number of ether oxygens (including phenoxy) is 1. The Balaban J connectivity index is 1.52. The number of likely N-dealkylation sites (tertiary alicyclic amines) is 1. The first-order chi connectivity index (χ1) is 16.2. The number of hydrogen-bond acceptors (Lipinski definition) is 6. The summed E-state index contributed by atoms with van der Waals surface area (Å²) in [6, 6.07) is 13.3. The van der Waals surface area contributed by atoms with Crippen LogP contribution in [-0.2, 0) is 0 Å². The van der Waals surface area contributed by atoms with Crippen molar-refractivity contribution in [2.45, 2.75) is 39.7 Å². The molecule has 3 aromatic rings. The Morgan fingerprint density at radius 2 is 1.76 bits per heavy atom. The second-order valence-electron chi connectivity index (χ2n) is 8.51. The summed E-state index contributed by atoms with van der Waals surface area (Å²) in [5.74, 6) is 0.322. The molecular formula is C25H26N4O5. The molecule has 1 fully saturated rings. The van der Waals surface area contributed by atoms with Crippen LogP contribution in [0.3, 0.4) is 0 Å². The van der Waals surface area contributed by atoms with Crippen LogP contribution in [0.15, 0.2) is 53.3 Å². The molecule has 0 spiro atoms. The maximum Gasteiger partial charge on any atom is 0.294 e. The number of rotatable bonds is 5. The molecule has 0 unspecified atom stereocenters. The topological polar surface area (TPSA) is 108 Å². The van der Waals surface area contributed by atoms with E-state index in [0.29, 0.717) is 31.6 Å². The Morgan fingerprint density at radius 3 is 2.44 bits per heavy atom. The van der Waals surface area contributed by atoms with Crippen molar-refractivity contribution in [2.24, 2.45) is 0 Å². The lowest BCUT2D eigenvalue weighted by atomic mass is 10.1. The molecule has 2 aromatic carbocycles. The molecule has 1 saturated heterocycles.